The Bertz CT molecular complexity index is 603. The van der Waals surface area contributed by atoms with Crippen molar-refractivity contribution >= 4 is 48.7 Å². The molecule has 0 aliphatic carbocycles. The number of carbonyl (C=O) groups is 1. The first-order valence-electron chi connectivity index (χ1n) is 6.33. The van der Waals surface area contributed by atoms with Crippen molar-refractivity contribution in [2.75, 3.05) is 0 Å². The summed E-state index contributed by atoms with van der Waals surface area (Å²) in [6, 6.07) is 4.15. The Hall–Kier alpha value is -0.810. The number of carbonyl (C=O) groups excluding carboxylic acids is 1. The molecule has 0 aliphatic heterocycles. The van der Waals surface area contributed by atoms with Gasteiger partial charge in [-0.05, 0) is 56.8 Å². The Morgan fingerprint density at radius 3 is 2.53 bits per heavy atom. The highest BCUT2D eigenvalue weighted by Gasteiger charge is 2.15. The quantitative estimate of drug-likeness (QED) is 0.790. The highest BCUT2D eigenvalue weighted by atomic mass is 79.9. The summed E-state index contributed by atoms with van der Waals surface area (Å²) in [6.07, 6.45) is 3.65. The van der Waals surface area contributed by atoms with Crippen molar-refractivity contribution in [1.29, 1.82) is 0 Å². The summed E-state index contributed by atoms with van der Waals surface area (Å²) in [6.45, 7) is 4.16. The number of amides is 1. The number of fused-ring (bicyclic) bond motifs is 1. The van der Waals surface area contributed by atoms with Crippen LogP contribution < -0.4 is 5.32 Å². The molecule has 0 spiro atoms. The number of rotatable bonds is 4. The molecule has 1 aromatic carbocycles. The second-order valence-corrected chi connectivity index (χ2v) is 6.21. The summed E-state index contributed by atoms with van der Waals surface area (Å²) >= 11 is 6.93. The van der Waals surface area contributed by atoms with Crippen LogP contribution in [0.3, 0.4) is 0 Å². The molecule has 0 radical (unpaired) electrons. The van der Waals surface area contributed by atoms with Crippen molar-refractivity contribution in [3.05, 3.63) is 32.8 Å². The zero-order valence-corrected chi connectivity index (χ0v) is 14.1. The molecule has 0 bridgehead atoms. The van der Waals surface area contributed by atoms with Crippen molar-refractivity contribution in [1.82, 2.24) is 10.3 Å². The monoisotopic (exact) mass is 386 g/mol. The number of hydrogen-bond donors (Lipinski definition) is 2. The van der Waals surface area contributed by atoms with E-state index >= 15 is 0 Å². The SMILES string of the molecule is CCC(CC)NC(=O)c1c[nH]c2cc(Br)c(Br)cc12. The molecule has 2 N–H and O–H groups in total. The Morgan fingerprint density at radius 1 is 1.26 bits per heavy atom. The lowest BCUT2D eigenvalue weighted by molar-refractivity contribution is 0.0936. The van der Waals surface area contributed by atoms with Gasteiger partial charge in [0, 0.05) is 32.1 Å². The van der Waals surface area contributed by atoms with E-state index in [9.17, 15) is 4.79 Å². The zero-order valence-electron chi connectivity index (χ0n) is 10.9. The minimum absolute atomic E-state index is 0.0193. The average molecular weight is 388 g/mol. The minimum Gasteiger partial charge on any atom is -0.360 e. The molecule has 1 heterocycles. The largest absolute Gasteiger partial charge is 0.360 e. The minimum atomic E-state index is -0.0193. The first-order chi connectivity index (χ1) is 9.06. The summed E-state index contributed by atoms with van der Waals surface area (Å²) in [5.74, 6) is -0.0193. The fourth-order valence-corrected chi connectivity index (χ4v) is 2.75. The van der Waals surface area contributed by atoms with Crippen LogP contribution in [0.4, 0.5) is 0 Å². The van der Waals surface area contributed by atoms with E-state index in [1.54, 1.807) is 6.20 Å². The van der Waals surface area contributed by atoms with Gasteiger partial charge in [-0.15, -0.1) is 0 Å². The normalized spacial score (nSPS) is 11.2. The Morgan fingerprint density at radius 2 is 1.89 bits per heavy atom. The molecule has 1 amide bonds. The van der Waals surface area contributed by atoms with E-state index in [2.05, 4.69) is 56.0 Å². The van der Waals surface area contributed by atoms with Gasteiger partial charge < -0.3 is 10.3 Å². The molecule has 0 unspecified atom stereocenters. The van der Waals surface area contributed by atoms with Crippen molar-refractivity contribution in [3.8, 4) is 0 Å². The molecule has 0 aliphatic rings. The van der Waals surface area contributed by atoms with Gasteiger partial charge >= 0.3 is 0 Å². The molecule has 0 fully saturated rings. The molecule has 0 atom stereocenters. The summed E-state index contributed by atoms with van der Waals surface area (Å²) in [5, 5.41) is 3.99. The number of benzene rings is 1. The van der Waals surface area contributed by atoms with Crippen molar-refractivity contribution < 1.29 is 4.79 Å². The summed E-state index contributed by atoms with van der Waals surface area (Å²) in [5.41, 5.74) is 1.64. The Kier molecular flexibility index (Phi) is 4.68. The molecule has 2 rings (SSSR count). The van der Waals surface area contributed by atoms with Gasteiger partial charge in [-0.2, -0.15) is 0 Å². The van der Waals surface area contributed by atoms with Crippen LogP contribution in [0, 0.1) is 0 Å². The summed E-state index contributed by atoms with van der Waals surface area (Å²) in [7, 11) is 0. The van der Waals surface area contributed by atoms with Crippen molar-refractivity contribution in [2.45, 2.75) is 32.7 Å². The van der Waals surface area contributed by atoms with E-state index in [0.29, 0.717) is 5.56 Å². The molecule has 0 saturated carbocycles. The van der Waals surface area contributed by atoms with Crippen LogP contribution in [0.5, 0.6) is 0 Å². The Balaban J connectivity index is 2.35. The van der Waals surface area contributed by atoms with Crippen LogP contribution in [0.1, 0.15) is 37.0 Å². The van der Waals surface area contributed by atoms with Crippen LogP contribution in [0.2, 0.25) is 0 Å². The third-order valence-corrected chi connectivity index (χ3v) is 5.13. The van der Waals surface area contributed by atoms with Crippen LogP contribution in [0.15, 0.2) is 27.3 Å². The van der Waals surface area contributed by atoms with Gasteiger partial charge in [-0.25, -0.2) is 0 Å². The van der Waals surface area contributed by atoms with E-state index in [4.69, 9.17) is 0 Å². The second kappa shape index (κ2) is 6.09. The van der Waals surface area contributed by atoms with Gasteiger partial charge in [-0.1, -0.05) is 13.8 Å². The van der Waals surface area contributed by atoms with E-state index in [-0.39, 0.29) is 11.9 Å². The molecule has 3 nitrogen and oxygen atoms in total. The maximum Gasteiger partial charge on any atom is 0.253 e. The van der Waals surface area contributed by atoms with Crippen LogP contribution >= 0.6 is 31.9 Å². The number of hydrogen-bond acceptors (Lipinski definition) is 1. The predicted octanol–water partition coefficient (Wildman–Crippen LogP) is 4.61. The Labute approximate surface area is 129 Å². The third kappa shape index (κ3) is 3.03. The molecule has 0 saturated heterocycles. The predicted molar refractivity (Wildman–Crippen MR) is 85.5 cm³/mol. The van der Waals surface area contributed by atoms with Crippen molar-refractivity contribution in [3.63, 3.8) is 0 Å². The summed E-state index contributed by atoms with van der Waals surface area (Å²) in [4.78, 5) is 15.4. The van der Waals surface area contributed by atoms with Gasteiger partial charge in [0.05, 0.1) is 5.56 Å². The van der Waals surface area contributed by atoms with Crippen molar-refractivity contribution in [2.24, 2.45) is 0 Å². The smallest absolute Gasteiger partial charge is 0.253 e. The molecule has 19 heavy (non-hydrogen) atoms. The molecule has 2 aromatic rings. The van der Waals surface area contributed by atoms with E-state index in [0.717, 1.165) is 32.7 Å². The lowest BCUT2D eigenvalue weighted by atomic mass is 10.1. The molecular weight excluding hydrogens is 372 g/mol. The van der Waals surface area contributed by atoms with Gasteiger partial charge in [0.2, 0.25) is 0 Å². The standard InChI is InChI=1S/C14H16Br2N2O/c1-3-8(4-2)18-14(19)10-7-17-13-6-12(16)11(15)5-9(10)13/h5-8,17H,3-4H2,1-2H3,(H,18,19). The maximum atomic E-state index is 12.3. The first kappa shape index (κ1) is 14.6. The molecular formula is C14H16Br2N2O. The highest BCUT2D eigenvalue weighted by molar-refractivity contribution is 9.13. The maximum absolute atomic E-state index is 12.3. The van der Waals surface area contributed by atoms with E-state index < -0.39 is 0 Å². The van der Waals surface area contributed by atoms with Gasteiger partial charge in [0.1, 0.15) is 0 Å². The van der Waals surface area contributed by atoms with E-state index in [1.165, 1.54) is 0 Å². The topological polar surface area (TPSA) is 44.9 Å². The fourth-order valence-electron chi connectivity index (χ4n) is 2.06. The van der Waals surface area contributed by atoms with Crippen LogP contribution in [0.25, 0.3) is 10.9 Å². The lowest BCUT2D eigenvalue weighted by Gasteiger charge is -2.14. The second-order valence-electron chi connectivity index (χ2n) is 4.50. The molecule has 5 heteroatoms. The summed E-state index contributed by atoms with van der Waals surface area (Å²) < 4.78 is 1.91. The number of halogens is 2. The number of H-pyrrole nitrogens is 1. The molecule has 1 aromatic heterocycles. The number of aromatic nitrogens is 1. The highest BCUT2D eigenvalue weighted by Crippen LogP contribution is 2.30. The first-order valence-corrected chi connectivity index (χ1v) is 7.92. The van der Waals surface area contributed by atoms with Gasteiger partial charge in [-0.3, -0.25) is 4.79 Å². The fraction of sp³-hybridized carbons (Fsp3) is 0.357. The van der Waals surface area contributed by atoms with Gasteiger partial charge in [0.15, 0.2) is 0 Å². The number of aromatic amines is 1. The zero-order chi connectivity index (χ0) is 14.0. The third-order valence-electron chi connectivity index (χ3n) is 3.29. The van der Waals surface area contributed by atoms with Gasteiger partial charge in [0.25, 0.3) is 5.91 Å². The lowest BCUT2D eigenvalue weighted by Crippen LogP contribution is -2.33. The van der Waals surface area contributed by atoms with Crippen LogP contribution in [-0.2, 0) is 0 Å². The number of nitrogens with one attached hydrogen (secondary N) is 2. The average Bonchev–Trinajstić information content (AvgIpc) is 2.79. The van der Waals surface area contributed by atoms with E-state index in [1.807, 2.05) is 12.1 Å². The van der Waals surface area contributed by atoms with Crippen LogP contribution in [-0.4, -0.2) is 16.9 Å². The molecule has 102 valence electrons.